The van der Waals surface area contributed by atoms with Crippen LogP contribution in [0.15, 0.2) is 24.3 Å². The third kappa shape index (κ3) is 2.01. The van der Waals surface area contributed by atoms with Crippen LogP contribution >= 0.6 is 0 Å². The number of aryl methyl sites for hydroxylation is 1. The number of hydrogen-bond donors (Lipinski definition) is 1. The monoisotopic (exact) mass is 252 g/mol. The molecule has 1 unspecified atom stereocenters. The smallest absolute Gasteiger partial charge is 0.408 e. The maximum Gasteiger partial charge on any atom is 0.408 e. The minimum absolute atomic E-state index is 0.0312. The van der Waals surface area contributed by atoms with Crippen LogP contribution in [-0.4, -0.2) is 40.2 Å². The van der Waals surface area contributed by atoms with Crippen molar-refractivity contribution in [2.24, 2.45) is 0 Å². The van der Waals surface area contributed by atoms with E-state index in [-0.39, 0.29) is 18.2 Å². The normalized spacial score (nSPS) is 20.1. The third-order valence-electron chi connectivity index (χ3n) is 3.05. The number of amides is 2. The Balaban J connectivity index is 2.45. The molecule has 0 spiro atoms. The van der Waals surface area contributed by atoms with Crippen LogP contribution in [0.5, 0.6) is 0 Å². The summed E-state index contributed by atoms with van der Waals surface area (Å²) in [6.45, 7) is 1.50. The van der Waals surface area contributed by atoms with Crippen LogP contribution in [-0.2, 0) is 4.79 Å². The minimum atomic E-state index is -1.22. The third-order valence-corrected chi connectivity index (χ3v) is 3.05. The standard InChI is InChI=1S/C12H13FN2O3/c1-8-4-2-3-5-9(8)10-11(16)15(13)7-6-14(10)12(17)18/h2-5,10H,6-7H2,1H3,(H,17,18). The molecule has 1 saturated heterocycles. The summed E-state index contributed by atoms with van der Waals surface area (Å²) in [5.74, 6) is -0.835. The fraction of sp³-hybridized carbons (Fsp3) is 0.333. The molecular formula is C12H13FN2O3. The van der Waals surface area contributed by atoms with Crippen LogP contribution in [0.3, 0.4) is 0 Å². The van der Waals surface area contributed by atoms with E-state index in [9.17, 15) is 14.1 Å². The van der Waals surface area contributed by atoms with Gasteiger partial charge in [0.15, 0.2) is 0 Å². The second-order valence-electron chi connectivity index (χ2n) is 4.16. The van der Waals surface area contributed by atoms with Crippen molar-refractivity contribution in [2.45, 2.75) is 13.0 Å². The zero-order chi connectivity index (χ0) is 13.3. The number of piperazine rings is 1. The number of rotatable bonds is 1. The van der Waals surface area contributed by atoms with Crippen molar-refractivity contribution in [3.05, 3.63) is 35.4 Å². The Kier molecular flexibility index (Phi) is 3.18. The van der Waals surface area contributed by atoms with E-state index in [4.69, 9.17) is 5.11 Å². The van der Waals surface area contributed by atoms with Crippen molar-refractivity contribution in [2.75, 3.05) is 13.1 Å². The van der Waals surface area contributed by atoms with Crippen molar-refractivity contribution in [3.63, 3.8) is 0 Å². The predicted octanol–water partition coefficient (Wildman–Crippen LogP) is 1.74. The van der Waals surface area contributed by atoms with E-state index >= 15 is 0 Å². The summed E-state index contributed by atoms with van der Waals surface area (Å²) < 4.78 is 13.3. The molecule has 5 nitrogen and oxygen atoms in total. The van der Waals surface area contributed by atoms with Crippen molar-refractivity contribution in [1.82, 2.24) is 10.0 Å². The second-order valence-corrected chi connectivity index (χ2v) is 4.16. The first-order valence-corrected chi connectivity index (χ1v) is 5.54. The van der Waals surface area contributed by atoms with E-state index in [1.807, 2.05) is 0 Å². The summed E-state index contributed by atoms with van der Waals surface area (Å²) in [4.78, 5) is 23.9. The summed E-state index contributed by atoms with van der Waals surface area (Å²) in [5, 5.41) is 9.18. The van der Waals surface area contributed by atoms with Crippen molar-refractivity contribution in [3.8, 4) is 0 Å². The average molecular weight is 252 g/mol. The first kappa shape index (κ1) is 12.3. The largest absolute Gasteiger partial charge is 0.465 e. The molecule has 18 heavy (non-hydrogen) atoms. The van der Waals surface area contributed by atoms with E-state index < -0.39 is 18.0 Å². The first-order valence-electron chi connectivity index (χ1n) is 5.54. The van der Waals surface area contributed by atoms with Crippen LogP contribution in [0.2, 0.25) is 0 Å². The molecule has 1 aromatic rings. The van der Waals surface area contributed by atoms with Gasteiger partial charge in [-0.1, -0.05) is 28.7 Å². The average Bonchev–Trinajstić information content (AvgIpc) is 2.33. The number of benzene rings is 1. The summed E-state index contributed by atoms with van der Waals surface area (Å²) in [5.41, 5.74) is 1.28. The molecule has 2 rings (SSSR count). The van der Waals surface area contributed by atoms with Gasteiger partial charge in [0.1, 0.15) is 6.04 Å². The van der Waals surface area contributed by atoms with Crippen LogP contribution < -0.4 is 0 Å². The van der Waals surface area contributed by atoms with Gasteiger partial charge in [0, 0.05) is 6.54 Å². The lowest BCUT2D eigenvalue weighted by molar-refractivity contribution is -0.158. The van der Waals surface area contributed by atoms with E-state index in [2.05, 4.69) is 0 Å². The molecule has 1 atom stereocenters. The van der Waals surface area contributed by atoms with Crippen molar-refractivity contribution >= 4 is 12.0 Å². The molecular weight excluding hydrogens is 239 g/mol. The highest BCUT2D eigenvalue weighted by atomic mass is 19.2. The van der Waals surface area contributed by atoms with Gasteiger partial charge in [-0.3, -0.25) is 9.69 Å². The summed E-state index contributed by atoms with van der Waals surface area (Å²) in [7, 11) is 0. The molecule has 1 aliphatic heterocycles. The summed E-state index contributed by atoms with van der Waals surface area (Å²) >= 11 is 0. The highest BCUT2D eigenvalue weighted by molar-refractivity contribution is 5.87. The molecule has 0 aromatic heterocycles. The molecule has 0 saturated carbocycles. The number of halogens is 1. The van der Waals surface area contributed by atoms with Crippen LogP contribution in [0.4, 0.5) is 9.28 Å². The zero-order valence-corrected chi connectivity index (χ0v) is 9.84. The number of hydrogen-bond acceptors (Lipinski definition) is 2. The SMILES string of the molecule is Cc1ccccc1C1C(=O)N(F)CCN1C(=O)O. The van der Waals surface area contributed by atoms with Gasteiger partial charge >= 0.3 is 6.09 Å². The maximum atomic E-state index is 13.3. The van der Waals surface area contributed by atoms with Gasteiger partial charge in [-0.05, 0) is 18.1 Å². The van der Waals surface area contributed by atoms with E-state index in [0.29, 0.717) is 5.56 Å². The second kappa shape index (κ2) is 4.64. The van der Waals surface area contributed by atoms with Gasteiger partial charge in [0.25, 0.3) is 5.91 Å². The lowest BCUT2D eigenvalue weighted by atomic mass is 9.98. The molecule has 1 aliphatic rings. The van der Waals surface area contributed by atoms with Gasteiger partial charge < -0.3 is 5.11 Å². The Morgan fingerprint density at radius 1 is 1.39 bits per heavy atom. The Bertz CT molecular complexity index is 492. The number of carbonyl (C=O) groups is 2. The molecule has 0 radical (unpaired) electrons. The van der Waals surface area contributed by atoms with Gasteiger partial charge in [0.05, 0.1) is 6.54 Å². The van der Waals surface area contributed by atoms with Gasteiger partial charge in [-0.15, -0.1) is 0 Å². The van der Waals surface area contributed by atoms with Gasteiger partial charge in [0.2, 0.25) is 0 Å². The van der Waals surface area contributed by atoms with E-state index in [1.54, 1.807) is 31.2 Å². The topological polar surface area (TPSA) is 60.9 Å². The highest BCUT2D eigenvalue weighted by Gasteiger charge is 2.39. The molecule has 1 heterocycles. The Morgan fingerprint density at radius 2 is 2.06 bits per heavy atom. The Labute approximate surface area is 103 Å². The Morgan fingerprint density at radius 3 is 2.67 bits per heavy atom. The fourth-order valence-corrected chi connectivity index (χ4v) is 2.10. The van der Waals surface area contributed by atoms with Gasteiger partial charge in [-0.2, -0.15) is 5.12 Å². The lowest BCUT2D eigenvalue weighted by Crippen LogP contribution is -2.51. The van der Waals surface area contributed by atoms with Crippen LogP contribution in [0, 0.1) is 6.92 Å². The maximum absolute atomic E-state index is 13.3. The summed E-state index contributed by atoms with van der Waals surface area (Å²) in [6, 6.07) is 5.80. The molecule has 6 heteroatoms. The van der Waals surface area contributed by atoms with Gasteiger partial charge in [-0.25, -0.2) is 4.79 Å². The van der Waals surface area contributed by atoms with E-state index in [0.717, 1.165) is 10.5 Å². The number of carboxylic acid groups (broad SMARTS) is 1. The molecule has 0 bridgehead atoms. The zero-order valence-electron chi connectivity index (χ0n) is 9.84. The lowest BCUT2D eigenvalue weighted by Gasteiger charge is -2.35. The fourth-order valence-electron chi connectivity index (χ4n) is 2.10. The molecule has 96 valence electrons. The molecule has 1 fully saturated rings. The molecule has 2 amide bonds. The molecule has 1 N–H and O–H groups in total. The highest BCUT2D eigenvalue weighted by Crippen LogP contribution is 2.29. The summed E-state index contributed by atoms with van der Waals surface area (Å²) in [6.07, 6.45) is -1.22. The minimum Gasteiger partial charge on any atom is -0.465 e. The molecule has 1 aromatic carbocycles. The van der Waals surface area contributed by atoms with Crippen LogP contribution in [0.25, 0.3) is 0 Å². The Hall–Kier alpha value is -2.11. The molecule has 0 aliphatic carbocycles. The number of nitrogens with zero attached hydrogens (tertiary/aromatic N) is 2. The predicted molar refractivity (Wildman–Crippen MR) is 61.5 cm³/mol. The number of carbonyl (C=O) groups excluding carboxylic acids is 1. The van der Waals surface area contributed by atoms with E-state index in [1.165, 1.54) is 0 Å². The quantitative estimate of drug-likeness (QED) is 0.774. The first-order chi connectivity index (χ1) is 8.52. The van der Waals surface area contributed by atoms with Crippen LogP contribution in [0.1, 0.15) is 17.2 Å². The van der Waals surface area contributed by atoms with Crippen molar-refractivity contribution in [1.29, 1.82) is 0 Å². The van der Waals surface area contributed by atoms with Crippen molar-refractivity contribution < 1.29 is 19.2 Å².